The number of hydrogen-bond acceptors (Lipinski definition) is 6. The normalized spacial score (nSPS) is 27.2. The molecule has 1 aromatic carbocycles. The van der Waals surface area contributed by atoms with Gasteiger partial charge in [0.25, 0.3) is 5.91 Å². The van der Waals surface area contributed by atoms with Crippen LogP contribution in [0.1, 0.15) is 54.7 Å². The number of carbonyl (C=O) groups is 1. The van der Waals surface area contributed by atoms with Crippen LogP contribution >= 0.6 is 11.6 Å². The number of halogens is 2. The van der Waals surface area contributed by atoms with Crippen LogP contribution < -0.4 is 4.74 Å². The van der Waals surface area contributed by atoms with E-state index >= 15 is 0 Å². The van der Waals surface area contributed by atoms with Gasteiger partial charge in [0, 0.05) is 42.8 Å². The van der Waals surface area contributed by atoms with Crippen LogP contribution in [0.25, 0.3) is 0 Å². The van der Waals surface area contributed by atoms with E-state index in [1.54, 1.807) is 4.90 Å². The lowest BCUT2D eigenvalue weighted by molar-refractivity contribution is 0.0514. The summed E-state index contributed by atoms with van der Waals surface area (Å²) >= 11 is 5.87. The van der Waals surface area contributed by atoms with Crippen LogP contribution in [0.2, 0.25) is 5.02 Å². The van der Waals surface area contributed by atoms with Crippen molar-refractivity contribution < 1.29 is 13.9 Å². The van der Waals surface area contributed by atoms with Crippen LogP contribution in [0.15, 0.2) is 30.6 Å². The van der Waals surface area contributed by atoms with Crippen LogP contribution in [0.4, 0.5) is 4.39 Å². The summed E-state index contributed by atoms with van der Waals surface area (Å²) in [6.07, 6.45) is 7.05. The van der Waals surface area contributed by atoms with Gasteiger partial charge in [0.2, 0.25) is 0 Å². The van der Waals surface area contributed by atoms with Gasteiger partial charge in [-0.15, -0.1) is 0 Å². The number of likely N-dealkylation sites (tertiary alicyclic amines) is 1. The minimum Gasteiger partial charge on any atom is -0.489 e. The quantitative estimate of drug-likeness (QED) is 0.714. The molecule has 1 amide bonds. The summed E-state index contributed by atoms with van der Waals surface area (Å²) in [5.41, 5.74) is 0.686. The molecule has 3 fully saturated rings. The molecule has 4 heterocycles. The van der Waals surface area contributed by atoms with Crippen molar-refractivity contribution in [3.63, 3.8) is 0 Å². The lowest BCUT2D eigenvalue weighted by Crippen LogP contribution is -2.46. The predicted molar refractivity (Wildman–Crippen MR) is 123 cm³/mol. The molecule has 0 radical (unpaired) electrons. The molecular formula is C24H27ClFN5O2. The standard InChI is InChI=1S/C24H27ClFN5O2/c1-2-31-16-4-5-17(31)9-18(8-16)33-22-7-15(26)3-6-19(22)24(32)30-12-20(21(27)13-30)23-28-10-14(25)11-29-23/h3,6-7,10-11,16-18,20,27H,2,4-5,8-9,12-13H2,1H3. The molecule has 9 heteroatoms. The van der Waals surface area contributed by atoms with E-state index in [0.717, 1.165) is 32.2 Å². The Balaban J connectivity index is 1.33. The third-order valence-corrected chi connectivity index (χ3v) is 7.29. The van der Waals surface area contributed by atoms with Crippen LogP contribution in [0.3, 0.4) is 0 Å². The molecule has 0 saturated carbocycles. The first kappa shape index (κ1) is 22.2. The molecule has 0 aliphatic carbocycles. The molecule has 33 heavy (non-hydrogen) atoms. The number of ether oxygens (including phenoxy) is 1. The van der Waals surface area contributed by atoms with Gasteiger partial charge >= 0.3 is 0 Å². The molecule has 174 valence electrons. The largest absolute Gasteiger partial charge is 0.489 e. The van der Waals surface area contributed by atoms with E-state index < -0.39 is 5.82 Å². The Morgan fingerprint density at radius 2 is 1.94 bits per heavy atom. The maximum atomic E-state index is 14.1. The van der Waals surface area contributed by atoms with Gasteiger partial charge in [-0.25, -0.2) is 14.4 Å². The van der Waals surface area contributed by atoms with Gasteiger partial charge in [-0.2, -0.15) is 0 Å². The summed E-state index contributed by atoms with van der Waals surface area (Å²) in [7, 11) is 0. The van der Waals surface area contributed by atoms with Gasteiger partial charge in [-0.1, -0.05) is 18.5 Å². The van der Waals surface area contributed by atoms with Gasteiger partial charge in [-0.3, -0.25) is 9.69 Å². The predicted octanol–water partition coefficient (Wildman–Crippen LogP) is 3.92. The zero-order valence-corrected chi connectivity index (χ0v) is 19.3. The van der Waals surface area contributed by atoms with Crippen molar-refractivity contribution in [3.05, 3.63) is 52.8 Å². The second-order valence-electron chi connectivity index (χ2n) is 9.09. The third kappa shape index (κ3) is 4.34. The number of fused-ring (bicyclic) bond motifs is 2. The van der Waals surface area contributed by atoms with E-state index in [0.29, 0.717) is 34.2 Å². The third-order valence-electron chi connectivity index (χ3n) is 7.10. The van der Waals surface area contributed by atoms with E-state index in [1.165, 1.54) is 30.6 Å². The summed E-state index contributed by atoms with van der Waals surface area (Å²) in [5, 5.41) is 8.78. The van der Waals surface area contributed by atoms with Crippen molar-refractivity contribution in [2.75, 3.05) is 19.6 Å². The van der Waals surface area contributed by atoms with Gasteiger partial charge in [0.05, 0.1) is 23.0 Å². The van der Waals surface area contributed by atoms with Crippen molar-refractivity contribution in [2.45, 2.75) is 56.7 Å². The fourth-order valence-corrected chi connectivity index (χ4v) is 5.66. The van der Waals surface area contributed by atoms with Crippen molar-refractivity contribution in [1.29, 1.82) is 5.41 Å². The number of carbonyl (C=O) groups excluding carboxylic acids is 1. The molecule has 2 aromatic rings. The molecule has 3 aliphatic heterocycles. The van der Waals surface area contributed by atoms with Crippen LogP contribution in [0, 0.1) is 11.2 Å². The lowest BCUT2D eigenvalue weighted by atomic mass is 9.99. The van der Waals surface area contributed by atoms with Crippen LogP contribution in [0.5, 0.6) is 5.75 Å². The fraction of sp³-hybridized carbons (Fsp3) is 0.500. The Bertz CT molecular complexity index is 1050. The molecule has 5 rings (SSSR count). The summed E-state index contributed by atoms with van der Waals surface area (Å²) < 4.78 is 20.4. The molecule has 3 atom stereocenters. The Labute approximate surface area is 197 Å². The SMILES string of the molecule is CCN1C2CCC1CC(Oc1cc(F)ccc1C(=O)N1CC(=N)C(c3ncc(Cl)cn3)C1)C2. The Kier molecular flexibility index (Phi) is 6.05. The number of aromatic nitrogens is 2. The average molecular weight is 472 g/mol. The highest BCUT2D eigenvalue weighted by molar-refractivity contribution is 6.30. The van der Waals surface area contributed by atoms with Crippen molar-refractivity contribution in [3.8, 4) is 5.75 Å². The molecule has 1 N–H and O–H groups in total. The van der Waals surface area contributed by atoms with E-state index in [9.17, 15) is 9.18 Å². The van der Waals surface area contributed by atoms with Crippen molar-refractivity contribution in [1.82, 2.24) is 19.8 Å². The number of rotatable bonds is 5. The minimum atomic E-state index is -0.433. The fourth-order valence-electron chi connectivity index (χ4n) is 5.56. The molecule has 0 spiro atoms. The van der Waals surface area contributed by atoms with Gasteiger partial charge in [0.1, 0.15) is 23.5 Å². The van der Waals surface area contributed by atoms with Gasteiger partial charge in [-0.05, 0) is 44.4 Å². The van der Waals surface area contributed by atoms with Crippen molar-refractivity contribution >= 4 is 23.2 Å². The first-order valence-electron chi connectivity index (χ1n) is 11.5. The Morgan fingerprint density at radius 3 is 2.61 bits per heavy atom. The lowest BCUT2D eigenvalue weighted by Gasteiger charge is -2.38. The monoisotopic (exact) mass is 471 g/mol. The number of hydrogen-bond donors (Lipinski definition) is 1. The maximum Gasteiger partial charge on any atom is 0.257 e. The highest BCUT2D eigenvalue weighted by atomic mass is 35.5. The number of piperidine rings is 1. The van der Waals surface area contributed by atoms with Crippen LogP contribution in [-0.2, 0) is 0 Å². The highest BCUT2D eigenvalue weighted by Gasteiger charge is 2.41. The minimum absolute atomic E-state index is 0.0363. The van der Waals surface area contributed by atoms with Crippen LogP contribution in [-0.4, -0.2) is 69.2 Å². The van der Waals surface area contributed by atoms with E-state index in [2.05, 4.69) is 21.8 Å². The van der Waals surface area contributed by atoms with Gasteiger partial charge < -0.3 is 15.0 Å². The molecule has 3 saturated heterocycles. The summed E-state index contributed by atoms with van der Waals surface area (Å²) in [4.78, 5) is 25.9. The second-order valence-corrected chi connectivity index (χ2v) is 9.53. The maximum absolute atomic E-state index is 14.1. The topological polar surface area (TPSA) is 82.4 Å². The molecule has 3 unspecified atom stereocenters. The number of nitrogens with zero attached hydrogens (tertiary/aromatic N) is 4. The number of benzene rings is 1. The summed E-state index contributed by atoms with van der Waals surface area (Å²) in [5.74, 6) is -0.345. The Hall–Kier alpha value is -2.58. The zero-order chi connectivity index (χ0) is 23.1. The average Bonchev–Trinajstić information content (AvgIpc) is 3.30. The Morgan fingerprint density at radius 1 is 1.24 bits per heavy atom. The summed E-state index contributed by atoms with van der Waals surface area (Å²) in [6.45, 7) is 3.68. The number of amides is 1. The molecule has 2 bridgehead atoms. The number of nitrogens with one attached hydrogen (secondary N) is 1. The first-order valence-corrected chi connectivity index (χ1v) is 11.9. The second kappa shape index (κ2) is 8.99. The van der Waals surface area contributed by atoms with E-state index in [-0.39, 0.29) is 36.8 Å². The first-order chi connectivity index (χ1) is 15.9. The van der Waals surface area contributed by atoms with Gasteiger partial charge in [0.15, 0.2) is 0 Å². The highest BCUT2D eigenvalue weighted by Crippen LogP contribution is 2.38. The molecule has 1 aromatic heterocycles. The van der Waals surface area contributed by atoms with E-state index in [4.69, 9.17) is 21.7 Å². The zero-order valence-electron chi connectivity index (χ0n) is 18.5. The molecule has 7 nitrogen and oxygen atoms in total. The molecular weight excluding hydrogens is 445 g/mol. The smallest absolute Gasteiger partial charge is 0.257 e. The van der Waals surface area contributed by atoms with E-state index in [1.807, 2.05) is 0 Å². The molecule has 3 aliphatic rings. The summed E-state index contributed by atoms with van der Waals surface area (Å²) in [6, 6.07) is 5.06. The van der Waals surface area contributed by atoms with Crippen molar-refractivity contribution in [2.24, 2.45) is 0 Å².